The van der Waals surface area contributed by atoms with E-state index in [4.69, 9.17) is 22.9 Å². The third-order valence-electron chi connectivity index (χ3n) is 15.7. The second-order valence-corrected chi connectivity index (χ2v) is 27.7. The topological polar surface area (TPSA) is 385 Å². The van der Waals surface area contributed by atoms with E-state index in [9.17, 15) is 55.9 Å². The van der Waals surface area contributed by atoms with Crippen LogP contribution >= 0.6 is 45.3 Å². The summed E-state index contributed by atoms with van der Waals surface area (Å²) in [6, 6.07) is 28.0. The number of primary amides is 4. The molecule has 0 radical (unpaired) electrons. The highest BCUT2D eigenvalue weighted by Gasteiger charge is 2.27. The number of thiophene rings is 4. The smallest absolute Gasteiger partial charge is 0.316 e. The summed E-state index contributed by atoms with van der Waals surface area (Å²) < 4.78 is 53.9. The molecule has 4 aliphatic heterocycles. The van der Waals surface area contributed by atoms with Crippen LogP contribution < -0.4 is 86.7 Å². The van der Waals surface area contributed by atoms with E-state index in [1.54, 1.807) is 72.8 Å². The quantitative estimate of drug-likeness (QED) is 0.0402. The van der Waals surface area contributed by atoms with Crippen molar-refractivity contribution in [1.29, 1.82) is 0 Å². The fraction of sp³-hybridized carbons (Fsp3) is 0.294. The van der Waals surface area contributed by atoms with Crippen molar-refractivity contribution >= 4 is 116 Å². The van der Waals surface area contributed by atoms with Crippen LogP contribution in [-0.4, -0.2) is 124 Å². The van der Waals surface area contributed by atoms with Crippen molar-refractivity contribution in [1.82, 2.24) is 42.5 Å². The van der Waals surface area contributed by atoms with Gasteiger partial charge in [-0.05, 0) is 173 Å². The molecule has 0 saturated carbocycles. The lowest BCUT2D eigenvalue weighted by molar-refractivity contribution is 0.0927. The second-order valence-electron chi connectivity index (χ2n) is 23.5. The summed E-state index contributed by atoms with van der Waals surface area (Å²) in [4.78, 5) is 99.6. The van der Waals surface area contributed by atoms with Gasteiger partial charge in [-0.25, -0.2) is 36.7 Å². The molecule has 32 heteroatoms. The van der Waals surface area contributed by atoms with Crippen LogP contribution in [0.4, 0.5) is 59.5 Å². The molecule has 4 saturated heterocycles. The number of nitrogens with one attached hydrogen (secondary N) is 12. The van der Waals surface area contributed by atoms with Crippen LogP contribution in [0.2, 0.25) is 0 Å². The van der Waals surface area contributed by atoms with Gasteiger partial charge in [-0.1, -0.05) is 48.5 Å². The number of halogens is 4. The van der Waals surface area contributed by atoms with Crippen LogP contribution in [0.3, 0.4) is 0 Å². The first-order valence-corrected chi connectivity index (χ1v) is 35.3. The molecule has 20 N–H and O–H groups in total. The summed E-state index contributed by atoms with van der Waals surface area (Å²) in [6.07, 6.45) is 7.59. The molecule has 4 fully saturated rings. The third kappa shape index (κ3) is 22.1. The van der Waals surface area contributed by atoms with E-state index in [0.29, 0.717) is 110 Å². The van der Waals surface area contributed by atoms with Gasteiger partial charge < -0.3 is 86.7 Å². The number of nitrogens with two attached hydrogens (primary N) is 4. The van der Waals surface area contributed by atoms with Gasteiger partial charge in [-0.15, -0.1) is 45.3 Å². The van der Waals surface area contributed by atoms with Gasteiger partial charge in [0, 0.05) is 69.9 Å². The molecule has 100 heavy (non-hydrogen) atoms. The summed E-state index contributed by atoms with van der Waals surface area (Å²) in [5.41, 5.74) is 24.7. The minimum absolute atomic E-state index is 0.0439. The van der Waals surface area contributed by atoms with Gasteiger partial charge >= 0.3 is 24.1 Å². The largest absolute Gasteiger partial charge is 0.351 e. The number of anilines is 4. The van der Waals surface area contributed by atoms with Crippen molar-refractivity contribution in [3.05, 3.63) is 164 Å². The molecule has 0 aliphatic carbocycles. The molecule has 8 aromatic rings. The van der Waals surface area contributed by atoms with Gasteiger partial charge in [0.15, 0.2) is 0 Å². The molecule has 24 nitrogen and oxygen atoms in total. The molecule has 12 rings (SSSR count). The van der Waals surface area contributed by atoms with E-state index in [2.05, 4.69) is 63.8 Å². The maximum Gasteiger partial charge on any atom is 0.316 e. The Balaban J connectivity index is 0.000000156. The molecular formula is C68H76F4N16O8S4. The normalized spacial score (nSPS) is 17.1. The van der Waals surface area contributed by atoms with Crippen LogP contribution in [-0.2, 0) is 0 Å². The van der Waals surface area contributed by atoms with Crippen LogP contribution in [0.25, 0.3) is 41.8 Å². The van der Waals surface area contributed by atoms with Crippen molar-refractivity contribution in [2.45, 2.75) is 75.5 Å². The lowest BCUT2D eigenvalue weighted by Gasteiger charge is -2.23. The molecule has 12 amide bonds. The standard InChI is InChI=1S/4C17H19FN4O2S/c4*18-11-4-1-3-10(7-11)14-8-13(22-17(19)24)15(25-14)16(23)21-12-5-2-6-20-9-12/h4*1,3-4,7-8,12,20H,2,5-6,9H2,(H,21,23)(H3,19,22,24)/t4*12-/m0000/s1. The fourth-order valence-corrected chi connectivity index (χ4v) is 15.2. The van der Waals surface area contributed by atoms with Crippen LogP contribution in [0.15, 0.2) is 121 Å². The van der Waals surface area contributed by atoms with Gasteiger partial charge in [-0.2, -0.15) is 0 Å². The van der Waals surface area contributed by atoms with E-state index in [0.717, 1.165) is 77.5 Å². The summed E-state index contributed by atoms with van der Waals surface area (Å²) in [5, 5.41) is 34.7. The molecule has 0 bridgehead atoms. The number of urea groups is 4. The minimum Gasteiger partial charge on any atom is -0.351 e. The predicted octanol–water partition coefficient (Wildman–Crippen LogP) is 10.1. The monoisotopic (exact) mass is 1450 g/mol. The molecule has 4 aliphatic rings. The van der Waals surface area contributed by atoms with Gasteiger partial charge in [0.25, 0.3) is 23.6 Å². The number of hydrogen-bond donors (Lipinski definition) is 16. The number of hydrogen-bond acceptors (Lipinski definition) is 16. The SMILES string of the molecule is NC(=O)Nc1cc(-c2cccc(F)c2)sc1C(=O)N[C@H]1CCCNC1.NC(=O)Nc1cc(-c2cccc(F)c2)sc1C(=O)N[C@H]1CCCNC1.NC(=O)Nc1cc(-c2cccc(F)c2)sc1C(=O)N[C@H]1CCCNC1.NC(=O)Nc1cc(-c2cccc(F)c2)sc1C(=O)N[C@H]1CCCNC1. The van der Waals surface area contributed by atoms with E-state index < -0.39 is 24.1 Å². The summed E-state index contributed by atoms with van der Waals surface area (Å²) in [6.45, 7) is 6.65. The summed E-state index contributed by atoms with van der Waals surface area (Å²) in [5.74, 6) is -2.56. The molecule has 4 aromatic carbocycles. The van der Waals surface area contributed by atoms with Crippen molar-refractivity contribution < 1.29 is 55.9 Å². The van der Waals surface area contributed by atoms with Gasteiger partial charge in [0.1, 0.15) is 42.8 Å². The molecule has 4 aromatic heterocycles. The zero-order valence-corrected chi connectivity index (χ0v) is 57.2. The highest BCUT2D eigenvalue weighted by molar-refractivity contribution is 7.19. The Kier molecular flexibility index (Phi) is 27.0. The predicted molar refractivity (Wildman–Crippen MR) is 385 cm³/mol. The molecule has 4 atom stereocenters. The van der Waals surface area contributed by atoms with Crippen molar-refractivity contribution in [2.75, 3.05) is 73.6 Å². The van der Waals surface area contributed by atoms with Crippen LogP contribution in [0.1, 0.15) is 90.1 Å². The molecule has 528 valence electrons. The molecule has 0 unspecified atom stereocenters. The van der Waals surface area contributed by atoms with Gasteiger partial charge in [0.05, 0.1) is 22.7 Å². The number of carbonyl (C=O) groups is 8. The van der Waals surface area contributed by atoms with Gasteiger partial charge in [0.2, 0.25) is 0 Å². The first-order chi connectivity index (χ1) is 48.1. The van der Waals surface area contributed by atoms with Crippen LogP contribution in [0, 0.1) is 23.3 Å². The Hall–Kier alpha value is -9.80. The van der Waals surface area contributed by atoms with Crippen LogP contribution in [0.5, 0.6) is 0 Å². The first kappa shape index (κ1) is 74.4. The van der Waals surface area contributed by atoms with E-state index in [-0.39, 0.29) is 71.1 Å². The summed E-state index contributed by atoms with van der Waals surface area (Å²) in [7, 11) is 0. The number of benzene rings is 4. The highest BCUT2D eigenvalue weighted by Crippen LogP contribution is 2.39. The zero-order valence-electron chi connectivity index (χ0n) is 53.9. The maximum absolute atomic E-state index is 13.5. The zero-order chi connectivity index (χ0) is 71.2. The third-order valence-corrected chi connectivity index (χ3v) is 20.5. The fourth-order valence-electron chi connectivity index (χ4n) is 11.2. The lowest BCUT2D eigenvalue weighted by Crippen LogP contribution is -2.45. The molecule has 0 spiro atoms. The lowest BCUT2D eigenvalue weighted by atomic mass is 10.1. The average molecular weight is 1450 g/mol. The Morgan fingerprint density at radius 1 is 0.330 bits per heavy atom. The Morgan fingerprint density at radius 3 is 0.710 bits per heavy atom. The first-order valence-electron chi connectivity index (χ1n) is 32.0. The van der Waals surface area contributed by atoms with Gasteiger partial charge in [-0.3, -0.25) is 19.2 Å². The number of rotatable bonds is 16. The Bertz CT molecular complexity index is 3670. The second kappa shape index (κ2) is 36.3. The minimum atomic E-state index is -0.753. The maximum atomic E-state index is 13.5. The Morgan fingerprint density at radius 2 is 0.540 bits per heavy atom. The van der Waals surface area contributed by atoms with Crippen molar-refractivity contribution in [3.8, 4) is 41.8 Å². The van der Waals surface area contributed by atoms with E-state index >= 15 is 0 Å². The van der Waals surface area contributed by atoms with Crippen molar-refractivity contribution in [3.63, 3.8) is 0 Å². The van der Waals surface area contributed by atoms with E-state index in [1.165, 1.54) is 93.9 Å². The number of carbonyl (C=O) groups excluding carboxylic acids is 8. The van der Waals surface area contributed by atoms with E-state index in [1.807, 2.05) is 0 Å². The molecule has 8 heterocycles. The summed E-state index contributed by atoms with van der Waals surface area (Å²) >= 11 is 4.76. The average Bonchev–Trinajstić information content (AvgIpc) is 1.69. The Labute approximate surface area is 589 Å². The highest BCUT2D eigenvalue weighted by atomic mass is 32.1. The number of piperidine rings is 4. The van der Waals surface area contributed by atoms with Crippen molar-refractivity contribution in [2.24, 2.45) is 22.9 Å². The number of amides is 12. The molecular weight excluding hydrogens is 1370 g/mol.